The Balaban J connectivity index is 2.07. The van der Waals surface area contributed by atoms with Gasteiger partial charge in [0.05, 0.1) is 13.7 Å². The molecule has 7 nitrogen and oxygen atoms in total. The molecule has 0 aliphatic heterocycles. The van der Waals surface area contributed by atoms with Crippen LogP contribution in [0.3, 0.4) is 0 Å². The summed E-state index contributed by atoms with van der Waals surface area (Å²) in [6.45, 7) is 1.68. The van der Waals surface area contributed by atoms with Crippen molar-refractivity contribution in [2.45, 2.75) is 13.5 Å². The van der Waals surface area contributed by atoms with Gasteiger partial charge in [0.2, 0.25) is 0 Å². The third-order valence-corrected chi connectivity index (χ3v) is 3.53. The number of aliphatic carboxylic acids is 1. The van der Waals surface area contributed by atoms with Crippen LogP contribution < -0.4 is 19.5 Å². The Morgan fingerprint density at radius 3 is 2.44 bits per heavy atom. The molecular formula is C19H20FNO6. The van der Waals surface area contributed by atoms with Gasteiger partial charge in [-0.05, 0) is 42.8 Å². The molecule has 8 heteroatoms. The molecule has 144 valence electrons. The van der Waals surface area contributed by atoms with Gasteiger partial charge in [0, 0.05) is 12.1 Å². The lowest BCUT2D eigenvalue weighted by molar-refractivity contribution is -0.139. The number of carboxylic acid groups (broad SMARTS) is 1. The summed E-state index contributed by atoms with van der Waals surface area (Å²) < 4.78 is 29.1. The molecule has 0 spiro atoms. The van der Waals surface area contributed by atoms with E-state index in [0.717, 1.165) is 0 Å². The highest BCUT2D eigenvalue weighted by molar-refractivity contribution is 5.94. The lowest BCUT2D eigenvalue weighted by Gasteiger charge is -2.12. The van der Waals surface area contributed by atoms with Crippen LogP contribution in [-0.4, -0.2) is 37.3 Å². The minimum Gasteiger partial charge on any atom is -0.494 e. The number of methoxy groups -OCH3 is 1. The van der Waals surface area contributed by atoms with Gasteiger partial charge in [-0.2, -0.15) is 0 Å². The molecule has 2 aromatic rings. The van der Waals surface area contributed by atoms with Gasteiger partial charge < -0.3 is 24.6 Å². The van der Waals surface area contributed by atoms with Crippen LogP contribution in [-0.2, 0) is 11.3 Å². The van der Waals surface area contributed by atoms with Crippen molar-refractivity contribution >= 4 is 11.9 Å². The summed E-state index contributed by atoms with van der Waals surface area (Å²) in [5.41, 5.74) is 0.878. The summed E-state index contributed by atoms with van der Waals surface area (Å²) in [5.74, 6) is -1.40. The zero-order valence-corrected chi connectivity index (χ0v) is 15.0. The first-order valence-electron chi connectivity index (χ1n) is 8.16. The summed E-state index contributed by atoms with van der Waals surface area (Å²) in [5, 5.41) is 11.4. The van der Waals surface area contributed by atoms with Crippen LogP contribution in [0.15, 0.2) is 36.4 Å². The van der Waals surface area contributed by atoms with E-state index in [1.807, 2.05) is 0 Å². The molecule has 0 atom stereocenters. The molecule has 2 N–H and O–H groups in total. The number of carbonyl (C=O) groups excluding carboxylic acids is 1. The van der Waals surface area contributed by atoms with Crippen molar-refractivity contribution in [3.05, 3.63) is 53.3 Å². The smallest absolute Gasteiger partial charge is 0.341 e. The molecule has 0 saturated carbocycles. The largest absolute Gasteiger partial charge is 0.494 e. The molecule has 0 heterocycles. The van der Waals surface area contributed by atoms with E-state index in [0.29, 0.717) is 17.7 Å². The van der Waals surface area contributed by atoms with Crippen LogP contribution in [0.25, 0.3) is 0 Å². The molecule has 1 amide bonds. The Labute approximate surface area is 155 Å². The second kappa shape index (κ2) is 9.42. The number of hydrogen-bond acceptors (Lipinski definition) is 5. The van der Waals surface area contributed by atoms with Crippen molar-refractivity contribution in [3.8, 4) is 17.2 Å². The van der Waals surface area contributed by atoms with Crippen LogP contribution in [0.1, 0.15) is 22.8 Å². The van der Waals surface area contributed by atoms with Gasteiger partial charge in [0.1, 0.15) is 0 Å². The van der Waals surface area contributed by atoms with E-state index in [4.69, 9.17) is 19.3 Å². The van der Waals surface area contributed by atoms with Gasteiger partial charge in [-0.25, -0.2) is 9.18 Å². The molecule has 0 bridgehead atoms. The first-order valence-corrected chi connectivity index (χ1v) is 8.16. The Hall–Kier alpha value is -3.29. The molecule has 0 aromatic heterocycles. The zero-order valence-electron chi connectivity index (χ0n) is 15.0. The van der Waals surface area contributed by atoms with Crippen LogP contribution in [0.4, 0.5) is 4.39 Å². The van der Waals surface area contributed by atoms with Gasteiger partial charge in [-0.1, -0.05) is 6.07 Å². The minimum atomic E-state index is -1.12. The lowest BCUT2D eigenvalue weighted by atomic mass is 10.1. The quantitative estimate of drug-likeness (QED) is 0.698. The number of hydrogen-bond donors (Lipinski definition) is 2. The molecule has 27 heavy (non-hydrogen) atoms. The molecule has 0 fully saturated rings. The molecule has 2 rings (SSSR count). The van der Waals surface area contributed by atoms with Crippen LogP contribution in [0, 0.1) is 5.82 Å². The standard InChI is InChI=1S/C19H20FNO6/c1-3-26-17-9-13(5-7-16(17)27-11-18(22)23)19(24)21-10-12-4-6-15(25-2)14(20)8-12/h4-9H,3,10-11H2,1-2H3,(H,21,24)(H,22,23). The number of halogens is 1. The monoisotopic (exact) mass is 377 g/mol. The molecule has 2 aromatic carbocycles. The topological polar surface area (TPSA) is 94.1 Å². The summed E-state index contributed by atoms with van der Waals surface area (Å²) in [7, 11) is 1.37. The van der Waals surface area contributed by atoms with Crippen LogP contribution in [0.5, 0.6) is 17.2 Å². The number of carboxylic acids is 1. The Morgan fingerprint density at radius 2 is 1.81 bits per heavy atom. The number of ether oxygens (including phenoxy) is 3. The van der Waals surface area contributed by atoms with E-state index in [2.05, 4.69) is 5.32 Å². The van der Waals surface area contributed by atoms with E-state index in [9.17, 15) is 14.0 Å². The maximum Gasteiger partial charge on any atom is 0.341 e. The summed E-state index contributed by atoms with van der Waals surface area (Å²) >= 11 is 0. The summed E-state index contributed by atoms with van der Waals surface area (Å²) in [6, 6.07) is 8.84. The summed E-state index contributed by atoms with van der Waals surface area (Å²) in [6.07, 6.45) is 0. The van der Waals surface area contributed by atoms with Gasteiger partial charge in [0.15, 0.2) is 29.7 Å². The molecule has 0 unspecified atom stereocenters. The highest BCUT2D eigenvalue weighted by atomic mass is 19.1. The fourth-order valence-electron chi connectivity index (χ4n) is 2.28. The second-order valence-electron chi connectivity index (χ2n) is 5.43. The number of amides is 1. The fraction of sp³-hybridized carbons (Fsp3) is 0.263. The average molecular weight is 377 g/mol. The van der Waals surface area contributed by atoms with Crippen molar-refractivity contribution in [3.63, 3.8) is 0 Å². The molecule has 0 aliphatic carbocycles. The van der Waals surface area contributed by atoms with Gasteiger partial charge in [-0.3, -0.25) is 4.79 Å². The normalized spacial score (nSPS) is 10.2. The lowest BCUT2D eigenvalue weighted by Crippen LogP contribution is -2.23. The number of nitrogens with one attached hydrogen (secondary N) is 1. The Kier molecular flexibility index (Phi) is 6.99. The van der Waals surface area contributed by atoms with E-state index < -0.39 is 24.3 Å². The highest BCUT2D eigenvalue weighted by Crippen LogP contribution is 2.28. The van der Waals surface area contributed by atoms with E-state index in [1.54, 1.807) is 13.0 Å². The first-order chi connectivity index (χ1) is 12.9. The van der Waals surface area contributed by atoms with Crippen molar-refractivity contribution in [2.24, 2.45) is 0 Å². The molecule has 0 radical (unpaired) electrons. The minimum absolute atomic E-state index is 0.126. The van der Waals surface area contributed by atoms with E-state index in [-0.39, 0.29) is 23.8 Å². The van der Waals surface area contributed by atoms with Gasteiger partial charge in [0.25, 0.3) is 5.91 Å². The van der Waals surface area contributed by atoms with Crippen molar-refractivity contribution in [1.82, 2.24) is 5.32 Å². The third-order valence-electron chi connectivity index (χ3n) is 3.53. The first kappa shape index (κ1) is 20.0. The van der Waals surface area contributed by atoms with Crippen LogP contribution >= 0.6 is 0 Å². The van der Waals surface area contributed by atoms with Crippen molar-refractivity contribution < 1.29 is 33.3 Å². The molecule has 0 aliphatic rings. The van der Waals surface area contributed by atoms with E-state index in [1.165, 1.54) is 37.4 Å². The SMILES string of the molecule is CCOc1cc(C(=O)NCc2ccc(OC)c(F)c2)ccc1OCC(=O)O. The van der Waals surface area contributed by atoms with Crippen molar-refractivity contribution in [2.75, 3.05) is 20.3 Å². The maximum absolute atomic E-state index is 13.7. The predicted octanol–water partition coefficient (Wildman–Crippen LogP) is 2.63. The van der Waals surface area contributed by atoms with Crippen LogP contribution in [0.2, 0.25) is 0 Å². The molecule has 0 saturated heterocycles. The zero-order chi connectivity index (χ0) is 19.8. The summed E-state index contributed by atoms with van der Waals surface area (Å²) in [4.78, 5) is 23.0. The van der Waals surface area contributed by atoms with Gasteiger partial charge >= 0.3 is 5.97 Å². The number of carbonyl (C=O) groups is 2. The highest BCUT2D eigenvalue weighted by Gasteiger charge is 2.13. The van der Waals surface area contributed by atoms with Crippen molar-refractivity contribution in [1.29, 1.82) is 0 Å². The van der Waals surface area contributed by atoms with E-state index >= 15 is 0 Å². The second-order valence-corrected chi connectivity index (χ2v) is 5.43. The maximum atomic E-state index is 13.7. The average Bonchev–Trinajstić information content (AvgIpc) is 2.65. The third kappa shape index (κ3) is 5.60. The van der Waals surface area contributed by atoms with Gasteiger partial charge in [-0.15, -0.1) is 0 Å². The fourth-order valence-corrected chi connectivity index (χ4v) is 2.28. The Bertz CT molecular complexity index is 824. The number of rotatable bonds is 9. The number of benzene rings is 2. The predicted molar refractivity (Wildman–Crippen MR) is 94.9 cm³/mol. The Morgan fingerprint density at radius 1 is 1.07 bits per heavy atom. The molecular weight excluding hydrogens is 357 g/mol.